The van der Waals surface area contributed by atoms with Crippen LogP contribution in [-0.4, -0.2) is 99.5 Å². The van der Waals surface area contributed by atoms with E-state index in [1.807, 2.05) is 6.92 Å². The van der Waals surface area contributed by atoms with Gasteiger partial charge in [0.2, 0.25) is 5.91 Å². The molecule has 1 aromatic carbocycles. The van der Waals surface area contributed by atoms with Crippen LogP contribution in [0, 0.1) is 5.41 Å². The predicted octanol–water partition coefficient (Wildman–Crippen LogP) is 2.97. The second-order valence-electron chi connectivity index (χ2n) is 12.4. The minimum absolute atomic E-state index is 0.0504. The van der Waals surface area contributed by atoms with E-state index in [1.165, 1.54) is 5.56 Å². The lowest BCUT2D eigenvalue weighted by molar-refractivity contribution is -0.118. The van der Waals surface area contributed by atoms with E-state index in [0.717, 1.165) is 113 Å². The summed E-state index contributed by atoms with van der Waals surface area (Å²) >= 11 is 0. The number of nitrogen functional groups attached to an aromatic ring is 1. The molecule has 0 aliphatic carbocycles. The molecule has 2 aromatic heterocycles. The highest BCUT2D eigenvalue weighted by Gasteiger charge is 2.27. The molecule has 42 heavy (non-hydrogen) atoms. The Morgan fingerprint density at radius 2 is 1.69 bits per heavy atom. The number of hydrogen-bond donors (Lipinski definition) is 4. The van der Waals surface area contributed by atoms with Crippen LogP contribution >= 0.6 is 0 Å². The van der Waals surface area contributed by atoms with Crippen LogP contribution in [0.25, 0.3) is 21.9 Å². The summed E-state index contributed by atoms with van der Waals surface area (Å²) in [5.74, 6) is 1.40. The van der Waals surface area contributed by atoms with E-state index in [9.17, 15) is 15.0 Å². The number of nitrogens with zero attached hydrogens (tertiary/aromatic N) is 5. The lowest BCUT2D eigenvalue weighted by atomic mass is 9.92. The highest BCUT2D eigenvalue weighted by Crippen LogP contribution is 2.32. The topological polar surface area (TPSA) is 133 Å². The first-order chi connectivity index (χ1) is 20.3. The molecule has 1 aliphatic rings. The molecule has 1 saturated heterocycles. The third-order valence-corrected chi connectivity index (χ3v) is 8.58. The van der Waals surface area contributed by atoms with E-state index >= 15 is 0 Å². The Labute approximate surface area is 250 Å². The van der Waals surface area contributed by atoms with E-state index in [0.29, 0.717) is 17.9 Å². The molecular weight excluding hydrogens is 530 g/mol. The van der Waals surface area contributed by atoms with E-state index in [2.05, 4.69) is 44.8 Å². The van der Waals surface area contributed by atoms with Gasteiger partial charge in [-0.05, 0) is 56.8 Å². The molecule has 232 valence electrons. The van der Waals surface area contributed by atoms with Gasteiger partial charge in [-0.2, -0.15) is 0 Å². The molecule has 0 unspecified atom stereocenters. The average molecular weight is 582 g/mol. The number of benzene rings is 1. The van der Waals surface area contributed by atoms with Crippen molar-refractivity contribution in [2.45, 2.75) is 72.3 Å². The van der Waals surface area contributed by atoms with Crippen molar-refractivity contribution in [3.63, 3.8) is 0 Å². The van der Waals surface area contributed by atoms with Crippen LogP contribution in [0.2, 0.25) is 0 Å². The summed E-state index contributed by atoms with van der Waals surface area (Å²) < 4.78 is 2.15. The van der Waals surface area contributed by atoms with Gasteiger partial charge in [-0.1, -0.05) is 32.4 Å². The third kappa shape index (κ3) is 8.18. The summed E-state index contributed by atoms with van der Waals surface area (Å²) in [4.78, 5) is 25.7. The summed E-state index contributed by atoms with van der Waals surface area (Å²) in [5.41, 5.74) is 9.55. The zero-order chi connectivity index (χ0) is 30.1. The number of imidazole rings is 1. The van der Waals surface area contributed by atoms with Crippen molar-refractivity contribution in [1.29, 1.82) is 0 Å². The first-order valence-electron chi connectivity index (χ1n) is 15.7. The standard InChI is InChI=1S/C32H51N7O3/c1-4-5-10-28-36-29-30(39(28)21-32(3,22-40)23-41)26-12-11-25(20-27(26)35-31(29)33)9-8-15-38-18-16-37(17-19-38)14-7-6-13-34-24(2)42/h11-12,20,40-41H,4-10,13-19,21-23H2,1-3H3,(H2,33,35)(H,34,42). The Balaban J connectivity index is 1.39. The molecule has 5 N–H and O–H groups in total. The molecule has 0 saturated carbocycles. The molecule has 3 aromatic rings. The molecule has 0 spiro atoms. The van der Waals surface area contributed by atoms with Crippen molar-refractivity contribution in [2.75, 3.05) is 64.8 Å². The minimum atomic E-state index is -0.669. The lowest BCUT2D eigenvalue weighted by Gasteiger charge is -2.34. The Morgan fingerprint density at radius 1 is 1.00 bits per heavy atom. The second-order valence-corrected chi connectivity index (χ2v) is 12.4. The van der Waals surface area contributed by atoms with Gasteiger partial charge >= 0.3 is 0 Å². The predicted molar refractivity (Wildman–Crippen MR) is 169 cm³/mol. The lowest BCUT2D eigenvalue weighted by Crippen LogP contribution is -2.46. The SMILES string of the molecule is CCCCc1nc2c(N)nc3cc(CCCN4CCN(CCCCNC(C)=O)CC4)ccc3c2n1CC(C)(CO)CO. The van der Waals surface area contributed by atoms with Gasteiger partial charge in [0.05, 0.1) is 24.2 Å². The van der Waals surface area contributed by atoms with Crippen LogP contribution in [-0.2, 0) is 24.2 Å². The molecule has 0 bridgehead atoms. The van der Waals surface area contributed by atoms with E-state index in [4.69, 9.17) is 15.7 Å². The molecule has 1 aliphatic heterocycles. The summed E-state index contributed by atoms with van der Waals surface area (Å²) in [7, 11) is 0. The third-order valence-electron chi connectivity index (χ3n) is 8.58. The second kappa shape index (κ2) is 15.1. The number of fused-ring (bicyclic) bond motifs is 3. The Hall–Kier alpha value is -2.79. The smallest absolute Gasteiger partial charge is 0.216 e. The molecule has 10 nitrogen and oxygen atoms in total. The number of anilines is 1. The number of hydrogen-bond acceptors (Lipinski definition) is 8. The number of carbonyl (C=O) groups is 1. The first kappa shape index (κ1) is 32.1. The van der Waals surface area contributed by atoms with Crippen molar-refractivity contribution in [3.05, 3.63) is 29.6 Å². The number of nitrogens with two attached hydrogens (primary N) is 1. The molecule has 0 radical (unpaired) electrons. The minimum Gasteiger partial charge on any atom is -0.396 e. The zero-order valence-electron chi connectivity index (χ0n) is 25.9. The maximum absolute atomic E-state index is 11.0. The maximum atomic E-state index is 11.0. The van der Waals surface area contributed by atoms with Gasteiger partial charge in [0.1, 0.15) is 11.3 Å². The fraction of sp³-hybridized carbons (Fsp3) is 0.656. The highest BCUT2D eigenvalue weighted by molar-refractivity contribution is 6.06. The molecule has 3 heterocycles. The average Bonchev–Trinajstić information content (AvgIpc) is 3.34. The Morgan fingerprint density at radius 3 is 2.33 bits per heavy atom. The van der Waals surface area contributed by atoms with Crippen molar-refractivity contribution in [1.82, 2.24) is 29.7 Å². The number of aromatic nitrogens is 3. The number of piperazine rings is 1. The highest BCUT2D eigenvalue weighted by atomic mass is 16.3. The molecule has 0 atom stereocenters. The van der Waals surface area contributed by atoms with Crippen LogP contribution in [0.4, 0.5) is 5.82 Å². The van der Waals surface area contributed by atoms with E-state index in [1.54, 1.807) is 6.92 Å². The monoisotopic (exact) mass is 581 g/mol. The fourth-order valence-corrected chi connectivity index (χ4v) is 5.85. The van der Waals surface area contributed by atoms with Crippen molar-refractivity contribution in [3.8, 4) is 0 Å². The zero-order valence-corrected chi connectivity index (χ0v) is 25.9. The fourth-order valence-electron chi connectivity index (χ4n) is 5.85. The number of aryl methyl sites for hydroxylation is 2. The van der Waals surface area contributed by atoms with Gasteiger partial charge in [-0.15, -0.1) is 0 Å². The summed E-state index contributed by atoms with van der Waals surface area (Å²) in [5, 5.41) is 24.0. The van der Waals surface area contributed by atoms with Crippen molar-refractivity contribution >= 4 is 33.7 Å². The van der Waals surface area contributed by atoms with Gasteiger partial charge in [0.25, 0.3) is 0 Å². The van der Waals surface area contributed by atoms with Crippen LogP contribution in [0.15, 0.2) is 18.2 Å². The Kier molecular flexibility index (Phi) is 11.5. The van der Waals surface area contributed by atoms with Gasteiger partial charge in [-0.3, -0.25) is 4.79 Å². The summed E-state index contributed by atoms with van der Waals surface area (Å²) in [6.07, 6.45) is 7.08. The summed E-state index contributed by atoms with van der Waals surface area (Å²) in [6, 6.07) is 6.49. The number of amides is 1. The quantitative estimate of drug-likeness (QED) is 0.190. The Bertz CT molecular complexity index is 1310. The van der Waals surface area contributed by atoms with Gasteiger partial charge in [0.15, 0.2) is 5.82 Å². The maximum Gasteiger partial charge on any atom is 0.216 e. The number of unbranched alkanes of at least 4 members (excludes halogenated alkanes) is 2. The molecule has 10 heteroatoms. The number of aliphatic hydroxyl groups excluding tert-OH is 2. The van der Waals surface area contributed by atoms with Crippen LogP contribution in [0.5, 0.6) is 0 Å². The summed E-state index contributed by atoms with van der Waals surface area (Å²) in [6.45, 7) is 13.2. The van der Waals surface area contributed by atoms with E-state index < -0.39 is 5.41 Å². The van der Waals surface area contributed by atoms with Crippen LogP contribution < -0.4 is 11.1 Å². The van der Waals surface area contributed by atoms with Gasteiger partial charge < -0.3 is 35.6 Å². The molecule has 4 rings (SSSR count). The number of pyridine rings is 1. The number of aliphatic hydroxyl groups is 2. The van der Waals surface area contributed by atoms with Crippen LogP contribution in [0.3, 0.4) is 0 Å². The molecule has 1 amide bonds. The van der Waals surface area contributed by atoms with E-state index in [-0.39, 0.29) is 19.1 Å². The number of rotatable bonds is 16. The normalized spacial score (nSPS) is 15.2. The van der Waals surface area contributed by atoms with Crippen LogP contribution in [0.1, 0.15) is 64.3 Å². The molecule has 1 fully saturated rings. The first-order valence-corrected chi connectivity index (χ1v) is 15.7. The number of carbonyl (C=O) groups excluding carboxylic acids is 1. The van der Waals surface area contributed by atoms with Crippen molar-refractivity contribution in [2.24, 2.45) is 5.41 Å². The van der Waals surface area contributed by atoms with Gasteiger partial charge in [0, 0.05) is 63.4 Å². The van der Waals surface area contributed by atoms with Crippen molar-refractivity contribution < 1.29 is 15.0 Å². The molecular formula is C32H51N7O3. The number of nitrogens with one attached hydrogen (secondary N) is 1. The largest absolute Gasteiger partial charge is 0.396 e. The van der Waals surface area contributed by atoms with Gasteiger partial charge in [-0.25, -0.2) is 9.97 Å².